The molecular formula is C58H77Br. The Morgan fingerprint density at radius 2 is 0.576 bits per heavy atom. The van der Waals surface area contributed by atoms with Crippen molar-refractivity contribution in [3.8, 4) is 44.5 Å². The topological polar surface area (TPSA) is 0 Å². The second kappa shape index (κ2) is 27.4. The average molecular weight is 854 g/mol. The van der Waals surface area contributed by atoms with Gasteiger partial charge in [-0.2, -0.15) is 0 Å². The van der Waals surface area contributed by atoms with Gasteiger partial charge < -0.3 is 0 Å². The molecule has 0 unspecified atom stereocenters. The fourth-order valence-corrected chi connectivity index (χ4v) is 9.08. The number of hydrogen-bond acceptors (Lipinski definition) is 0. The maximum atomic E-state index is 3.61. The molecule has 0 spiro atoms. The maximum absolute atomic E-state index is 3.61. The lowest BCUT2D eigenvalue weighted by atomic mass is 9.86. The highest BCUT2D eigenvalue weighted by atomic mass is 79.9. The van der Waals surface area contributed by atoms with Crippen molar-refractivity contribution in [3.05, 3.63) is 130 Å². The van der Waals surface area contributed by atoms with Crippen LogP contribution in [-0.4, -0.2) is 0 Å². The van der Waals surface area contributed by atoms with Gasteiger partial charge in [0.2, 0.25) is 0 Å². The van der Waals surface area contributed by atoms with Gasteiger partial charge in [-0.3, -0.25) is 0 Å². The van der Waals surface area contributed by atoms with Crippen molar-refractivity contribution in [1.82, 2.24) is 0 Å². The van der Waals surface area contributed by atoms with Crippen molar-refractivity contribution < 1.29 is 0 Å². The van der Waals surface area contributed by atoms with Gasteiger partial charge in [-0.1, -0.05) is 256 Å². The van der Waals surface area contributed by atoms with Crippen molar-refractivity contribution in [2.24, 2.45) is 0 Å². The second-order valence-corrected chi connectivity index (χ2v) is 18.4. The summed E-state index contributed by atoms with van der Waals surface area (Å²) in [6, 6.07) is 42.1. The standard InChI is InChI=1S/C58H77Br/c1-4-7-10-12-14-16-18-20-22-24-27-54-46-58(53-39-35-50(36-40-53)51-41-43-56(59)44-42-51)55(28-25-23-21-19-17-15-13-11-8-5-2)45-57(54)52-37-33-49(34-38-52)48-31-29-47(30-32-48)26-9-6-3/h29-46H,4-28H2,1-3H3. The third-order valence-electron chi connectivity index (χ3n) is 12.6. The Kier molecular flexibility index (Phi) is 21.7. The molecule has 0 aliphatic rings. The van der Waals surface area contributed by atoms with Crippen LogP contribution in [0.3, 0.4) is 0 Å². The van der Waals surface area contributed by atoms with Gasteiger partial charge in [0.15, 0.2) is 0 Å². The summed E-state index contributed by atoms with van der Waals surface area (Å²) in [5, 5.41) is 0. The van der Waals surface area contributed by atoms with Gasteiger partial charge in [0.05, 0.1) is 0 Å². The van der Waals surface area contributed by atoms with Crippen LogP contribution in [0.5, 0.6) is 0 Å². The van der Waals surface area contributed by atoms with E-state index in [-0.39, 0.29) is 0 Å². The van der Waals surface area contributed by atoms with Crippen LogP contribution in [0.2, 0.25) is 0 Å². The van der Waals surface area contributed by atoms with E-state index in [1.807, 2.05) is 0 Å². The van der Waals surface area contributed by atoms with E-state index in [0.717, 1.165) is 17.3 Å². The summed E-state index contributed by atoms with van der Waals surface area (Å²) in [5.41, 5.74) is 15.2. The summed E-state index contributed by atoms with van der Waals surface area (Å²) in [6.45, 7) is 6.89. The fraction of sp³-hybridized carbons (Fsp3) is 0.483. The molecule has 0 heterocycles. The Bertz CT molecular complexity index is 1850. The van der Waals surface area contributed by atoms with E-state index in [9.17, 15) is 0 Å². The van der Waals surface area contributed by atoms with Gasteiger partial charge in [-0.15, -0.1) is 0 Å². The van der Waals surface area contributed by atoms with Gasteiger partial charge in [0.1, 0.15) is 0 Å². The molecule has 0 atom stereocenters. The van der Waals surface area contributed by atoms with Crippen molar-refractivity contribution in [3.63, 3.8) is 0 Å². The number of rotatable bonds is 29. The summed E-state index contributed by atoms with van der Waals surface area (Å²) in [7, 11) is 0. The molecule has 0 bridgehead atoms. The molecule has 0 saturated heterocycles. The molecule has 0 amide bonds. The van der Waals surface area contributed by atoms with E-state index in [1.54, 1.807) is 0 Å². The molecule has 316 valence electrons. The quantitative estimate of drug-likeness (QED) is 0.0421. The summed E-state index contributed by atoms with van der Waals surface area (Å²) in [5.74, 6) is 0. The average Bonchev–Trinajstić information content (AvgIpc) is 3.27. The van der Waals surface area contributed by atoms with Gasteiger partial charge in [0.25, 0.3) is 0 Å². The van der Waals surface area contributed by atoms with Crippen molar-refractivity contribution in [2.75, 3.05) is 0 Å². The first-order chi connectivity index (χ1) is 29.1. The predicted molar refractivity (Wildman–Crippen MR) is 266 cm³/mol. The Morgan fingerprint density at radius 1 is 0.288 bits per heavy atom. The summed E-state index contributed by atoms with van der Waals surface area (Å²) in [6.07, 6.45) is 33.3. The largest absolute Gasteiger partial charge is 0.0654 e. The van der Waals surface area contributed by atoms with E-state index in [1.165, 1.54) is 209 Å². The van der Waals surface area contributed by atoms with Crippen LogP contribution in [0.1, 0.15) is 179 Å². The number of halogens is 1. The van der Waals surface area contributed by atoms with E-state index in [0.29, 0.717) is 0 Å². The van der Waals surface area contributed by atoms with Crippen LogP contribution in [0.4, 0.5) is 0 Å². The molecule has 5 aromatic carbocycles. The normalized spacial score (nSPS) is 11.4. The molecule has 0 nitrogen and oxygen atoms in total. The first-order valence-electron chi connectivity index (χ1n) is 24.3. The summed E-state index contributed by atoms with van der Waals surface area (Å²) < 4.78 is 1.12. The van der Waals surface area contributed by atoms with Crippen molar-refractivity contribution in [2.45, 2.75) is 181 Å². The van der Waals surface area contributed by atoms with Crippen LogP contribution in [0.15, 0.2) is 114 Å². The predicted octanol–water partition coefficient (Wildman–Crippen LogP) is 19.4. The maximum Gasteiger partial charge on any atom is 0.0175 e. The van der Waals surface area contributed by atoms with Crippen LogP contribution >= 0.6 is 15.9 Å². The molecule has 0 N–H and O–H groups in total. The smallest absolute Gasteiger partial charge is 0.0175 e. The Morgan fingerprint density at radius 3 is 0.932 bits per heavy atom. The lowest BCUT2D eigenvalue weighted by Crippen LogP contribution is -1.99. The minimum Gasteiger partial charge on any atom is -0.0654 e. The molecular weight excluding hydrogens is 777 g/mol. The molecule has 59 heavy (non-hydrogen) atoms. The first kappa shape index (κ1) is 46.6. The van der Waals surface area contributed by atoms with Crippen molar-refractivity contribution >= 4 is 15.9 Å². The monoisotopic (exact) mass is 853 g/mol. The summed E-state index contributed by atoms with van der Waals surface area (Å²) >= 11 is 3.61. The lowest BCUT2D eigenvalue weighted by Gasteiger charge is -2.19. The van der Waals surface area contributed by atoms with Gasteiger partial charge in [-0.05, 0) is 112 Å². The van der Waals surface area contributed by atoms with Crippen LogP contribution in [0.25, 0.3) is 44.5 Å². The molecule has 5 aromatic rings. The molecule has 0 radical (unpaired) electrons. The number of aryl methyl sites for hydroxylation is 3. The zero-order valence-electron chi connectivity index (χ0n) is 37.4. The minimum atomic E-state index is 1.12. The molecule has 0 saturated carbocycles. The Balaban J connectivity index is 1.38. The van der Waals surface area contributed by atoms with Gasteiger partial charge in [0, 0.05) is 4.47 Å². The zero-order chi connectivity index (χ0) is 41.3. The van der Waals surface area contributed by atoms with Crippen LogP contribution in [-0.2, 0) is 19.3 Å². The first-order valence-corrected chi connectivity index (χ1v) is 25.1. The highest BCUT2D eigenvalue weighted by Gasteiger charge is 2.15. The van der Waals surface area contributed by atoms with Crippen molar-refractivity contribution in [1.29, 1.82) is 0 Å². The molecule has 0 aromatic heterocycles. The van der Waals surface area contributed by atoms with Crippen LogP contribution < -0.4 is 0 Å². The third kappa shape index (κ3) is 16.2. The highest BCUT2D eigenvalue weighted by Crippen LogP contribution is 2.37. The minimum absolute atomic E-state index is 1.12. The van der Waals surface area contributed by atoms with E-state index >= 15 is 0 Å². The van der Waals surface area contributed by atoms with E-state index in [4.69, 9.17) is 0 Å². The van der Waals surface area contributed by atoms with Gasteiger partial charge in [-0.25, -0.2) is 0 Å². The Labute approximate surface area is 370 Å². The summed E-state index contributed by atoms with van der Waals surface area (Å²) in [4.78, 5) is 0. The number of hydrogen-bond donors (Lipinski definition) is 0. The molecule has 0 aliphatic carbocycles. The van der Waals surface area contributed by atoms with E-state index < -0.39 is 0 Å². The Hall–Kier alpha value is -3.42. The molecule has 5 rings (SSSR count). The molecule has 0 aliphatic heterocycles. The third-order valence-corrected chi connectivity index (χ3v) is 13.1. The molecule has 0 fully saturated rings. The number of benzene rings is 5. The fourth-order valence-electron chi connectivity index (χ4n) is 8.82. The van der Waals surface area contributed by atoms with Crippen LogP contribution in [0, 0.1) is 0 Å². The van der Waals surface area contributed by atoms with E-state index in [2.05, 4.69) is 146 Å². The molecule has 1 heteroatoms. The zero-order valence-corrected chi connectivity index (χ0v) is 39.0. The lowest BCUT2D eigenvalue weighted by molar-refractivity contribution is 0.556. The second-order valence-electron chi connectivity index (χ2n) is 17.5. The van der Waals surface area contributed by atoms with Gasteiger partial charge >= 0.3 is 0 Å². The SMILES string of the molecule is CCCCCCCCCCCCc1cc(-c2ccc(-c3ccc(CCCC)cc3)cc2)c(CCCCCCCCCCCC)cc1-c1ccc(-c2ccc(Br)cc2)cc1. The number of unbranched alkanes of at least 4 members (excludes halogenated alkanes) is 19. The highest BCUT2D eigenvalue weighted by molar-refractivity contribution is 9.10.